The van der Waals surface area contributed by atoms with Crippen LogP contribution in [-0.4, -0.2) is 38.6 Å². The molecule has 1 atom stereocenters. The number of hydrogen-bond donors (Lipinski definition) is 1. The minimum atomic E-state index is -3.04. The van der Waals surface area contributed by atoms with Gasteiger partial charge in [-0.25, -0.2) is 12.7 Å². The third-order valence-corrected chi connectivity index (χ3v) is 3.25. The van der Waals surface area contributed by atoms with E-state index in [4.69, 9.17) is 5.73 Å². The maximum atomic E-state index is 11.1. The number of nitrogens with two attached hydrogens (primary N) is 1. The Bertz CT molecular complexity index is 197. The zero-order chi connectivity index (χ0) is 9.07. The van der Waals surface area contributed by atoms with Crippen molar-refractivity contribution in [3.8, 4) is 0 Å². The van der Waals surface area contributed by atoms with Gasteiger partial charge >= 0.3 is 0 Å². The molecular weight excluding hydrogens is 164 g/mol. The smallest absolute Gasteiger partial charge is 0.213 e. The van der Waals surface area contributed by atoms with Crippen LogP contribution in [0.25, 0.3) is 0 Å². The molecule has 0 bridgehead atoms. The number of sulfonamides is 1. The Hall–Kier alpha value is -0.130. The minimum Gasteiger partial charge on any atom is -0.328 e. The van der Waals surface area contributed by atoms with Crippen LogP contribution < -0.4 is 5.73 Å². The van der Waals surface area contributed by atoms with Crippen LogP contribution in [0.15, 0.2) is 0 Å². The first kappa shape index (κ1) is 10.9. The van der Waals surface area contributed by atoms with Gasteiger partial charge in [-0.3, -0.25) is 0 Å². The van der Waals surface area contributed by atoms with Gasteiger partial charge in [-0.2, -0.15) is 0 Å². The number of rotatable bonds is 4. The van der Waals surface area contributed by atoms with Gasteiger partial charge in [0.1, 0.15) is 0 Å². The van der Waals surface area contributed by atoms with Gasteiger partial charge in [0.25, 0.3) is 0 Å². The van der Waals surface area contributed by atoms with Crippen LogP contribution in [0.1, 0.15) is 13.3 Å². The fourth-order valence-electron chi connectivity index (χ4n) is 0.517. The summed E-state index contributed by atoms with van der Waals surface area (Å²) in [5.41, 5.74) is 5.42. The fraction of sp³-hybridized carbons (Fsp3) is 1.00. The Morgan fingerprint density at radius 2 is 1.91 bits per heavy atom. The Kier molecular flexibility index (Phi) is 3.99. The quantitative estimate of drug-likeness (QED) is 0.641. The Morgan fingerprint density at radius 1 is 1.45 bits per heavy atom. The van der Waals surface area contributed by atoms with E-state index in [9.17, 15) is 8.42 Å². The second-order valence-electron chi connectivity index (χ2n) is 2.86. The van der Waals surface area contributed by atoms with Gasteiger partial charge < -0.3 is 5.73 Å². The SMILES string of the molecule is CC(N)CCS(=O)(=O)N(C)C. The van der Waals surface area contributed by atoms with E-state index in [-0.39, 0.29) is 11.8 Å². The van der Waals surface area contributed by atoms with E-state index >= 15 is 0 Å². The first-order valence-electron chi connectivity index (χ1n) is 3.52. The molecule has 1 unspecified atom stereocenters. The third-order valence-electron chi connectivity index (χ3n) is 1.39. The zero-order valence-corrected chi connectivity index (χ0v) is 8.06. The predicted octanol–water partition coefficient (Wildman–Crippen LogP) is -0.385. The highest BCUT2D eigenvalue weighted by molar-refractivity contribution is 7.89. The molecule has 11 heavy (non-hydrogen) atoms. The molecule has 0 aromatic carbocycles. The molecule has 0 rings (SSSR count). The molecule has 0 saturated heterocycles. The summed E-state index contributed by atoms with van der Waals surface area (Å²) in [5, 5.41) is 0. The minimum absolute atomic E-state index is 0.0512. The molecule has 0 aliphatic rings. The van der Waals surface area contributed by atoms with Crippen LogP contribution in [0, 0.1) is 0 Å². The van der Waals surface area contributed by atoms with Crippen molar-refractivity contribution >= 4 is 10.0 Å². The van der Waals surface area contributed by atoms with Crippen LogP contribution in [0.4, 0.5) is 0 Å². The molecule has 0 fully saturated rings. The largest absolute Gasteiger partial charge is 0.328 e. The summed E-state index contributed by atoms with van der Waals surface area (Å²) in [6, 6.07) is -0.0512. The van der Waals surface area contributed by atoms with E-state index in [1.165, 1.54) is 18.4 Å². The molecule has 2 N–H and O–H groups in total. The van der Waals surface area contributed by atoms with Crippen LogP contribution in [0.3, 0.4) is 0 Å². The first-order chi connectivity index (χ1) is 4.86. The van der Waals surface area contributed by atoms with Crippen LogP contribution in [-0.2, 0) is 10.0 Å². The monoisotopic (exact) mass is 180 g/mol. The van der Waals surface area contributed by atoms with Crippen LogP contribution in [0.2, 0.25) is 0 Å². The van der Waals surface area contributed by atoms with E-state index < -0.39 is 10.0 Å². The van der Waals surface area contributed by atoms with Crippen molar-refractivity contribution in [1.29, 1.82) is 0 Å². The second kappa shape index (κ2) is 4.04. The summed E-state index contributed by atoms with van der Waals surface area (Å²) in [6.45, 7) is 1.80. The van der Waals surface area contributed by atoms with E-state index in [2.05, 4.69) is 0 Å². The van der Waals surface area contributed by atoms with E-state index in [0.717, 1.165) is 0 Å². The molecule has 0 amide bonds. The van der Waals surface area contributed by atoms with Crippen molar-refractivity contribution in [3.63, 3.8) is 0 Å². The molecule has 0 aromatic rings. The van der Waals surface area contributed by atoms with Crippen molar-refractivity contribution in [2.24, 2.45) is 5.73 Å². The van der Waals surface area contributed by atoms with Crippen LogP contribution >= 0.6 is 0 Å². The van der Waals surface area contributed by atoms with Gasteiger partial charge in [0, 0.05) is 20.1 Å². The fourth-order valence-corrected chi connectivity index (χ4v) is 1.55. The molecular formula is C6H16N2O2S. The highest BCUT2D eigenvalue weighted by Gasteiger charge is 2.13. The van der Waals surface area contributed by atoms with Crippen LogP contribution in [0.5, 0.6) is 0 Å². The molecule has 4 nitrogen and oxygen atoms in total. The lowest BCUT2D eigenvalue weighted by atomic mass is 10.3. The van der Waals surface area contributed by atoms with Crippen molar-refractivity contribution in [2.75, 3.05) is 19.8 Å². The summed E-state index contributed by atoms with van der Waals surface area (Å²) in [6.07, 6.45) is 0.514. The molecule has 0 radical (unpaired) electrons. The number of nitrogens with zero attached hydrogens (tertiary/aromatic N) is 1. The molecule has 0 spiro atoms. The van der Waals surface area contributed by atoms with Crippen molar-refractivity contribution < 1.29 is 8.42 Å². The summed E-state index contributed by atoms with van der Waals surface area (Å²) in [4.78, 5) is 0. The highest BCUT2D eigenvalue weighted by atomic mass is 32.2. The summed E-state index contributed by atoms with van der Waals surface area (Å²) < 4.78 is 23.4. The van der Waals surface area contributed by atoms with Crippen molar-refractivity contribution in [1.82, 2.24) is 4.31 Å². The Balaban J connectivity index is 3.95. The summed E-state index contributed by atoms with van der Waals surface area (Å²) >= 11 is 0. The van der Waals surface area contributed by atoms with E-state index in [1.54, 1.807) is 6.92 Å². The maximum absolute atomic E-state index is 11.1. The molecule has 0 saturated carbocycles. The average Bonchev–Trinajstić information content (AvgIpc) is 1.84. The van der Waals surface area contributed by atoms with Gasteiger partial charge in [-0.15, -0.1) is 0 Å². The lowest BCUT2D eigenvalue weighted by Gasteiger charge is -2.11. The molecule has 0 heterocycles. The summed E-state index contributed by atoms with van der Waals surface area (Å²) in [5.74, 6) is 0.137. The Labute approximate surface area is 68.4 Å². The molecule has 68 valence electrons. The lowest BCUT2D eigenvalue weighted by Crippen LogP contribution is -2.28. The summed E-state index contributed by atoms with van der Waals surface area (Å²) in [7, 11) is 0.00871. The van der Waals surface area contributed by atoms with Gasteiger partial charge in [-0.1, -0.05) is 0 Å². The van der Waals surface area contributed by atoms with Gasteiger partial charge in [0.05, 0.1) is 5.75 Å². The third kappa shape index (κ3) is 4.34. The van der Waals surface area contributed by atoms with E-state index in [0.29, 0.717) is 6.42 Å². The van der Waals surface area contributed by atoms with Gasteiger partial charge in [-0.05, 0) is 13.3 Å². The first-order valence-corrected chi connectivity index (χ1v) is 5.13. The highest BCUT2D eigenvalue weighted by Crippen LogP contribution is 1.98. The molecule has 0 aliphatic carbocycles. The molecule has 0 aliphatic heterocycles. The van der Waals surface area contributed by atoms with Crippen molar-refractivity contribution in [3.05, 3.63) is 0 Å². The average molecular weight is 180 g/mol. The second-order valence-corrected chi connectivity index (χ2v) is 5.17. The Morgan fingerprint density at radius 3 is 2.18 bits per heavy atom. The molecule has 5 heteroatoms. The standard InChI is InChI=1S/C6H16N2O2S/c1-6(7)4-5-11(9,10)8(2)3/h6H,4-5,7H2,1-3H3. The van der Waals surface area contributed by atoms with Gasteiger partial charge in [0.15, 0.2) is 0 Å². The molecule has 0 aromatic heterocycles. The van der Waals surface area contributed by atoms with Crippen molar-refractivity contribution in [2.45, 2.75) is 19.4 Å². The zero-order valence-electron chi connectivity index (χ0n) is 7.24. The predicted molar refractivity (Wildman–Crippen MR) is 45.7 cm³/mol. The maximum Gasteiger partial charge on any atom is 0.213 e. The lowest BCUT2D eigenvalue weighted by molar-refractivity contribution is 0.515. The number of hydrogen-bond acceptors (Lipinski definition) is 3. The topological polar surface area (TPSA) is 63.4 Å². The van der Waals surface area contributed by atoms with E-state index in [1.807, 2.05) is 0 Å². The van der Waals surface area contributed by atoms with Gasteiger partial charge in [0.2, 0.25) is 10.0 Å². The normalized spacial score (nSPS) is 15.4.